The number of rotatable bonds is 5. The lowest BCUT2D eigenvalue weighted by Crippen LogP contribution is -2.38. The Morgan fingerprint density at radius 2 is 1.74 bits per heavy atom. The maximum absolute atomic E-state index is 13.1. The van der Waals surface area contributed by atoms with Crippen LogP contribution in [0.3, 0.4) is 0 Å². The number of hydrogen-bond acceptors (Lipinski definition) is 4. The number of H-pyrrole nitrogens is 1. The topological polar surface area (TPSA) is 91.5 Å². The third-order valence-electron chi connectivity index (χ3n) is 5.28. The highest BCUT2D eigenvalue weighted by atomic mass is 32.2. The molecule has 31 heavy (non-hydrogen) atoms. The Labute approximate surface area is 178 Å². The van der Waals surface area contributed by atoms with E-state index in [0.29, 0.717) is 30.3 Å². The van der Waals surface area contributed by atoms with Crippen LogP contribution >= 0.6 is 0 Å². The molecule has 0 aliphatic carbocycles. The predicted octanol–water partition coefficient (Wildman–Crippen LogP) is 4.20. The number of aryl methyl sites for hydroxylation is 1. The minimum atomic E-state index is -4.81. The monoisotopic (exact) mass is 459 g/mol. The molecule has 0 saturated carbocycles. The molecule has 11 heteroatoms. The highest BCUT2D eigenvalue weighted by molar-refractivity contribution is 7.89. The van der Waals surface area contributed by atoms with Gasteiger partial charge in [-0.05, 0) is 62.4 Å². The van der Waals surface area contributed by atoms with Crippen LogP contribution in [0.4, 0.5) is 18.9 Å². The van der Waals surface area contributed by atoms with Crippen molar-refractivity contribution >= 4 is 21.6 Å². The lowest BCUT2D eigenvalue weighted by molar-refractivity contribution is -0.274. The lowest BCUT2D eigenvalue weighted by atomic mass is 10.0. The highest BCUT2D eigenvalue weighted by Gasteiger charge is 2.34. The normalized spacial score (nSPS) is 16.3. The van der Waals surface area contributed by atoms with Gasteiger partial charge in [0.05, 0.1) is 0 Å². The number of halogens is 3. The van der Waals surface area contributed by atoms with E-state index in [4.69, 9.17) is 0 Å². The summed E-state index contributed by atoms with van der Waals surface area (Å²) in [5, 5.41) is 2.55. The van der Waals surface area contributed by atoms with E-state index >= 15 is 0 Å². The number of ether oxygens (including phenoxy) is 1. The van der Waals surface area contributed by atoms with E-state index in [1.807, 2.05) is 0 Å². The van der Waals surface area contributed by atoms with Gasteiger partial charge in [-0.3, -0.25) is 4.79 Å². The number of aromatic nitrogens is 1. The predicted molar refractivity (Wildman–Crippen MR) is 109 cm³/mol. The zero-order valence-corrected chi connectivity index (χ0v) is 18.2. The van der Waals surface area contributed by atoms with Gasteiger partial charge in [0.2, 0.25) is 10.0 Å². The van der Waals surface area contributed by atoms with E-state index in [-0.39, 0.29) is 16.3 Å². The first-order chi connectivity index (χ1) is 14.4. The molecule has 1 aromatic carbocycles. The largest absolute Gasteiger partial charge is 0.573 e. The van der Waals surface area contributed by atoms with Crippen molar-refractivity contribution in [2.75, 3.05) is 18.4 Å². The molecular formula is C20H24F3N3O4S. The number of amides is 1. The average Bonchev–Trinajstić information content (AvgIpc) is 2.97. The molecule has 170 valence electrons. The molecule has 0 atom stereocenters. The summed E-state index contributed by atoms with van der Waals surface area (Å²) >= 11 is 0. The summed E-state index contributed by atoms with van der Waals surface area (Å²) in [6.07, 6.45) is -3.25. The molecule has 1 aliphatic rings. The highest BCUT2D eigenvalue weighted by Crippen LogP contribution is 2.30. The van der Waals surface area contributed by atoms with Crippen LogP contribution in [-0.4, -0.2) is 43.1 Å². The van der Waals surface area contributed by atoms with Crippen molar-refractivity contribution < 1.29 is 31.1 Å². The van der Waals surface area contributed by atoms with Gasteiger partial charge in [0.25, 0.3) is 5.91 Å². The first-order valence-corrected chi connectivity index (χ1v) is 11.2. The van der Waals surface area contributed by atoms with Crippen LogP contribution in [0.25, 0.3) is 0 Å². The van der Waals surface area contributed by atoms with Gasteiger partial charge in [0.1, 0.15) is 16.3 Å². The van der Waals surface area contributed by atoms with E-state index < -0.39 is 28.0 Å². The van der Waals surface area contributed by atoms with Crippen LogP contribution in [0.1, 0.15) is 41.5 Å². The number of aromatic amines is 1. The Hall–Kier alpha value is -2.53. The van der Waals surface area contributed by atoms with E-state index in [1.165, 1.54) is 16.4 Å². The summed E-state index contributed by atoms with van der Waals surface area (Å²) in [6.45, 7) is 6.09. The van der Waals surface area contributed by atoms with E-state index in [2.05, 4.69) is 22.0 Å². The minimum absolute atomic E-state index is 0.0806. The smallest absolute Gasteiger partial charge is 0.406 e. The third kappa shape index (κ3) is 5.21. The maximum Gasteiger partial charge on any atom is 0.573 e. The number of hydrogen-bond donors (Lipinski definition) is 2. The molecule has 0 spiro atoms. The Bertz CT molecular complexity index is 1050. The maximum atomic E-state index is 13.1. The standard InChI is InChI=1S/C20H24F3N3O4S/c1-12-8-10-26(11-9-12)31(28,29)18-13(2)17(24-14(18)3)19(27)25-15-4-6-16(7-5-15)30-20(21,22)23/h4-7,12,24H,8-11H2,1-3H3,(H,25,27). The quantitative estimate of drug-likeness (QED) is 0.701. The summed E-state index contributed by atoms with van der Waals surface area (Å²) in [5.74, 6) is -0.547. The third-order valence-corrected chi connectivity index (χ3v) is 7.46. The molecule has 2 N–H and O–H groups in total. The molecular weight excluding hydrogens is 435 g/mol. The molecule has 2 heterocycles. The summed E-state index contributed by atoms with van der Waals surface area (Å²) in [4.78, 5) is 15.6. The fourth-order valence-electron chi connectivity index (χ4n) is 3.63. The second-order valence-electron chi connectivity index (χ2n) is 7.69. The van der Waals surface area contributed by atoms with Gasteiger partial charge in [-0.15, -0.1) is 13.2 Å². The number of piperidine rings is 1. The van der Waals surface area contributed by atoms with Gasteiger partial charge in [-0.1, -0.05) is 6.92 Å². The van der Waals surface area contributed by atoms with Crippen LogP contribution in [0, 0.1) is 19.8 Å². The van der Waals surface area contributed by atoms with E-state index in [1.54, 1.807) is 13.8 Å². The van der Waals surface area contributed by atoms with Gasteiger partial charge >= 0.3 is 6.36 Å². The number of anilines is 1. The van der Waals surface area contributed by atoms with Gasteiger partial charge in [0.15, 0.2) is 0 Å². The lowest BCUT2D eigenvalue weighted by Gasteiger charge is -2.29. The molecule has 3 rings (SSSR count). The van der Waals surface area contributed by atoms with Gasteiger partial charge < -0.3 is 15.0 Å². The van der Waals surface area contributed by atoms with Crippen molar-refractivity contribution in [1.82, 2.24) is 9.29 Å². The van der Waals surface area contributed by atoms with Crippen molar-refractivity contribution in [3.05, 3.63) is 41.2 Å². The van der Waals surface area contributed by atoms with Crippen molar-refractivity contribution in [1.29, 1.82) is 0 Å². The van der Waals surface area contributed by atoms with Gasteiger partial charge in [-0.25, -0.2) is 8.42 Å². The Morgan fingerprint density at radius 3 is 2.29 bits per heavy atom. The Kier molecular flexibility index (Phi) is 6.38. The summed E-state index contributed by atoms with van der Waals surface area (Å²) in [6, 6.07) is 4.67. The molecule has 1 saturated heterocycles. The second-order valence-corrected chi connectivity index (χ2v) is 9.57. The van der Waals surface area contributed by atoms with E-state index in [9.17, 15) is 26.4 Å². The first kappa shape index (κ1) is 23.1. The summed E-state index contributed by atoms with van der Waals surface area (Å²) < 4.78 is 68.3. The van der Waals surface area contributed by atoms with Crippen molar-refractivity contribution in [3.8, 4) is 5.75 Å². The van der Waals surface area contributed by atoms with Crippen LogP contribution in [0.5, 0.6) is 5.75 Å². The zero-order valence-electron chi connectivity index (χ0n) is 17.3. The molecule has 1 aromatic heterocycles. The number of nitrogens with zero attached hydrogens (tertiary/aromatic N) is 1. The number of carbonyl (C=O) groups excluding carboxylic acids is 1. The fraction of sp³-hybridized carbons (Fsp3) is 0.450. The molecule has 1 fully saturated rings. The van der Waals surface area contributed by atoms with Crippen molar-refractivity contribution in [2.24, 2.45) is 5.92 Å². The van der Waals surface area contributed by atoms with Crippen LogP contribution in [0.2, 0.25) is 0 Å². The van der Waals surface area contributed by atoms with Crippen LogP contribution in [0.15, 0.2) is 29.2 Å². The average molecular weight is 459 g/mol. The van der Waals surface area contributed by atoms with Crippen molar-refractivity contribution in [3.63, 3.8) is 0 Å². The first-order valence-electron chi connectivity index (χ1n) is 9.75. The van der Waals surface area contributed by atoms with E-state index in [0.717, 1.165) is 25.0 Å². The minimum Gasteiger partial charge on any atom is -0.406 e. The fourth-order valence-corrected chi connectivity index (χ4v) is 5.51. The molecule has 0 radical (unpaired) electrons. The van der Waals surface area contributed by atoms with Crippen molar-refractivity contribution in [2.45, 2.75) is 44.9 Å². The zero-order chi connectivity index (χ0) is 23.0. The van der Waals surface area contributed by atoms with Crippen LogP contribution in [-0.2, 0) is 10.0 Å². The molecule has 0 bridgehead atoms. The molecule has 2 aromatic rings. The molecule has 1 aliphatic heterocycles. The Balaban J connectivity index is 1.79. The SMILES string of the molecule is Cc1[nH]c(C(=O)Nc2ccc(OC(F)(F)F)cc2)c(C)c1S(=O)(=O)N1CCC(C)CC1. The number of nitrogens with one attached hydrogen (secondary N) is 2. The number of sulfonamides is 1. The number of carbonyl (C=O) groups is 1. The number of benzene rings is 1. The summed E-state index contributed by atoms with van der Waals surface area (Å²) in [5.41, 5.74) is 0.971. The Morgan fingerprint density at radius 1 is 1.16 bits per heavy atom. The molecule has 1 amide bonds. The second kappa shape index (κ2) is 8.54. The number of alkyl halides is 3. The van der Waals surface area contributed by atoms with Crippen LogP contribution < -0.4 is 10.1 Å². The van der Waals surface area contributed by atoms with Gasteiger partial charge in [-0.2, -0.15) is 4.31 Å². The van der Waals surface area contributed by atoms with Gasteiger partial charge in [0, 0.05) is 24.5 Å². The molecule has 7 nitrogen and oxygen atoms in total. The molecule has 0 unspecified atom stereocenters. The summed E-state index contributed by atoms with van der Waals surface area (Å²) in [7, 11) is -3.76.